The summed E-state index contributed by atoms with van der Waals surface area (Å²) in [6, 6.07) is 10.7. The van der Waals surface area contributed by atoms with Gasteiger partial charge in [0.25, 0.3) is 0 Å². The van der Waals surface area contributed by atoms with E-state index in [2.05, 4.69) is 4.72 Å². The standard InChI is InChI=1S/C23H25F3N2O2S/c1-16-20-13-14-28(15-17-7-9-18(10-8-17)23(24,25)26)22(20)12-11-21(16)27-31(29,30)19-5-3-2-4-6-19/h7-14,19,27H,2-6,15H2,1H3. The van der Waals surface area contributed by atoms with Gasteiger partial charge in [-0.15, -0.1) is 0 Å². The van der Waals surface area contributed by atoms with Crippen LogP contribution in [-0.2, 0) is 22.7 Å². The first-order chi connectivity index (χ1) is 14.6. The van der Waals surface area contributed by atoms with E-state index in [1.54, 1.807) is 6.07 Å². The number of rotatable bonds is 5. The fraction of sp³-hybridized carbons (Fsp3) is 0.391. The van der Waals surface area contributed by atoms with Crippen molar-refractivity contribution in [1.29, 1.82) is 0 Å². The maximum absolute atomic E-state index is 12.8. The molecule has 0 atom stereocenters. The van der Waals surface area contributed by atoms with Crippen LogP contribution >= 0.6 is 0 Å². The number of nitrogens with one attached hydrogen (secondary N) is 1. The number of alkyl halides is 3. The molecular weight excluding hydrogens is 425 g/mol. The number of hydrogen-bond donors (Lipinski definition) is 1. The third-order valence-electron chi connectivity index (χ3n) is 6.10. The molecule has 166 valence electrons. The molecule has 0 radical (unpaired) electrons. The third kappa shape index (κ3) is 4.59. The summed E-state index contributed by atoms with van der Waals surface area (Å²) in [6.07, 6.45) is 1.88. The summed E-state index contributed by atoms with van der Waals surface area (Å²) in [5, 5.41) is 0.566. The summed E-state index contributed by atoms with van der Waals surface area (Å²) in [5.41, 5.74) is 2.40. The molecular formula is C23H25F3N2O2S. The lowest BCUT2D eigenvalue weighted by Gasteiger charge is -2.23. The van der Waals surface area contributed by atoms with Gasteiger partial charge in [0.2, 0.25) is 10.0 Å². The predicted molar refractivity (Wildman–Crippen MR) is 117 cm³/mol. The molecule has 0 bridgehead atoms. The summed E-state index contributed by atoms with van der Waals surface area (Å²) in [7, 11) is -3.43. The molecule has 1 aliphatic carbocycles. The first-order valence-corrected chi connectivity index (χ1v) is 12.0. The topological polar surface area (TPSA) is 51.1 Å². The van der Waals surface area contributed by atoms with E-state index in [1.165, 1.54) is 12.1 Å². The minimum Gasteiger partial charge on any atom is -0.343 e. The number of halogens is 3. The van der Waals surface area contributed by atoms with Crippen LogP contribution in [0.4, 0.5) is 18.9 Å². The Morgan fingerprint density at radius 1 is 1.00 bits per heavy atom. The smallest absolute Gasteiger partial charge is 0.343 e. The molecule has 1 aromatic heterocycles. The van der Waals surface area contributed by atoms with Gasteiger partial charge in [0, 0.05) is 23.6 Å². The number of hydrogen-bond acceptors (Lipinski definition) is 2. The molecule has 1 fully saturated rings. The Labute approximate surface area is 180 Å². The predicted octanol–water partition coefficient (Wildman–Crippen LogP) is 6.09. The lowest BCUT2D eigenvalue weighted by atomic mass is 10.0. The van der Waals surface area contributed by atoms with Crippen LogP contribution in [-0.4, -0.2) is 18.2 Å². The van der Waals surface area contributed by atoms with E-state index < -0.39 is 21.8 Å². The molecule has 2 aromatic carbocycles. The lowest BCUT2D eigenvalue weighted by Crippen LogP contribution is -2.29. The maximum Gasteiger partial charge on any atom is 0.416 e. The zero-order chi connectivity index (χ0) is 22.2. The van der Waals surface area contributed by atoms with Gasteiger partial charge in [-0.2, -0.15) is 13.2 Å². The summed E-state index contributed by atoms with van der Waals surface area (Å²) in [4.78, 5) is 0. The molecule has 1 saturated carbocycles. The molecule has 0 amide bonds. The van der Waals surface area contributed by atoms with Crippen LogP contribution in [0.15, 0.2) is 48.7 Å². The molecule has 0 saturated heterocycles. The zero-order valence-electron chi connectivity index (χ0n) is 17.2. The summed E-state index contributed by atoms with van der Waals surface area (Å²) < 4.78 is 68.6. The van der Waals surface area contributed by atoms with Gasteiger partial charge in [0.05, 0.1) is 16.5 Å². The van der Waals surface area contributed by atoms with Gasteiger partial charge in [-0.3, -0.25) is 4.72 Å². The van der Waals surface area contributed by atoms with Crippen molar-refractivity contribution in [3.05, 3.63) is 65.4 Å². The van der Waals surface area contributed by atoms with Crippen molar-refractivity contribution in [2.75, 3.05) is 4.72 Å². The number of nitrogens with zero attached hydrogens (tertiary/aromatic N) is 1. The summed E-state index contributed by atoms with van der Waals surface area (Å²) in [6.45, 7) is 2.30. The average Bonchev–Trinajstić information content (AvgIpc) is 3.14. The van der Waals surface area contributed by atoms with E-state index in [-0.39, 0.29) is 5.25 Å². The van der Waals surface area contributed by atoms with E-state index in [4.69, 9.17) is 0 Å². The Morgan fingerprint density at radius 2 is 1.68 bits per heavy atom. The molecule has 1 aliphatic rings. The summed E-state index contributed by atoms with van der Waals surface area (Å²) >= 11 is 0. The van der Waals surface area contributed by atoms with Crippen LogP contribution in [0.2, 0.25) is 0 Å². The highest BCUT2D eigenvalue weighted by Gasteiger charge is 2.30. The highest BCUT2D eigenvalue weighted by atomic mass is 32.2. The van der Waals surface area contributed by atoms with Crippen LogP contribution in [0.5, 0.6) is 0 Å². The highest BCUT2D eigenvalue weighted by Crippen LogP contribution is 2.32. The molecule has 31 heavy (non-hydrogen) atoms. The van der Waals surface area contributed by atoms with Crippen molar-refractivity contribution in [1.82, 2.24) is 4.57 Å². The monoisotopic (exact) mass is 450 g/mol. The van der Waals surface area contributed by atoms with Gasteiger partial charge in [0.15, 0.2) is 0 Å². The number of benzene rings is 2. The van der Waals surface area contributed by atoms with Gasteiger partial charge in [-0.1, -0.05) is 31.4 Å². The van der Waals surface area contributed by atoms with E-state index in [1.807, 2.05) is 29.8 Å². The lowest BCUT2D eigenvalue weighted by molar-refractivity contribution is -0.137. The Bertz CT molecular complexity index is 1180. The van der Waals surface area contributed by atoms with Crippen molar-refractivity contribution in [3.8, 4) is 0 Å². The van der Waals surface area contributed by atoms with Crippen LogP contribution in [0.1, 0.15) is 48.8 Å². The van der Waals surface area contributed by atoms with Gasteiger partial charge in [-0.25, -0.2) is 8.42 Å². The number of sulfonamides is 1. The molecule has 0 spiro atoms. The van der Waals surface area contributed by atoms with E-state index >= 15 is 0 Å². The van der Waals surface area contributed by atoms with E-state index in [0.29, 0.717) is 25.1 Å². The molecule has 1 N–H and O–H groups in total. The van der Waals surface area contributed by atoms with E-state index in [0.717, 1.165) is 53.4 Å². The second kappa shape index (κ2) is 8.22. The van der Waals surface area contributed by atoms with Crippen LogP contribution < -0.4 is 4.72 Å². The Hall–Kier alpha value is -2.48. The molecule has 4 rings (SSSR count). The molecule has 4 nitrogen and oxygen atoms in total. The molecule has 0 aliphatic heterocycles. The Kier molecular flexibility index (Phi) is 5.77. The first kappa shape index (κ1) is 21.7. The fourth-order valence-corrected chi connectivity index (χ4v) is 5.92. The van der Waals surface area contributed by atoms with Crippen LogP contribution in [0, 0.1) is 6.92 Å². The van der Waals surface area contributed by atoms with Crippen molar-refractivity contribution in [2.24, 2.45) is 0 Å². The van der Waals surface area contributed by atoms with Gasteiger partial charge < -0.3 is 4.57 Å². The van der Waals surface area contributed by atoms with Crippen molar-refractivity contribution >= 4 is 26.6 Å². The zero-order valence-corrected chi connectivity index (χ0v) is 18.1. The molecule has 1 heterocycles. The maximum atomic E-state index is 12.8. The summed E-state index contributed by atoms with van der Waals surface area (Å²) in [5.74, 6) is 0. The Morgan fingerprint density at radius 3 is 2.32 bits per heavy atom. The number of aromatic nitrogens is 1. The molecule has 3 aromatic rings. The first-order valence-electron chi connectivity index (χ1n) is 10.4. The van der Waals surface area contributed by atoms with Gasteiger partial charge in [0.1, 0.15) is 0 Å². The number of aryl methyl sites for hydroxylation is 1. The second-order valence-corrected chi connectivity index (χ2v) is 10.2. The van der Waals surface area contributed by atoms with Crippen LogP contribution in [0.25, 0.3) is 10.9 Å². The van der Waals surface area contributed by atoms with Crippen molar-refractivity contribution < 1.29 is 21.6 Å². The van der Waals surface area contributed by atoms with Crippen LogP contribution in [0.3, 0.4) is 0 Å². The largest absolute Gasteiger partial charge is 0.416 e. The van der Waals surface area contributed by atoms with Crippen molar-refractivity contribution in [3.63, 3.8) is 0 Å². The van der Waals surface area contributed by atoms with Crippen molar-refractivity contribution in [2.45, 2.75) is 57.0 Å². The van der Waals surface area contributed by atoms with Gasteiger partial charge >= 0.3 is 6.18 Å². The van der Waals surface area contributed by atoms with E-state index in [9.17, 15) is 21.6 Å². The Balaban J connectivity index is 1.56. The third-order valence-corrected chi connectivity index (χ3v) is 7.95. The normalized spacial score (nSPS) is 16.0. The number of anilines is 1. The quantitative estimate of drug-likeness (QED) is 0.511. The highest BCUT2D eigenvalue weighted by molar-refractivity contribution is 7.93. The fourth-order valence-electron chi connectivity index (χ4n) is 4.28. The van der Waals surface area contributed by atoms with Gasteiger partial charge in [-0.05, 0) is 61.2 Å². The molecule has 8 heteroatoms. The minimum absolute atomic E-state index is 0.347. The molecule has 0 unspecified atom stereocenters. The minimum atomic E-state index is -4.35. The number of fused-ring (bicyclic) bond motifs is 1. The average molecular weight is 451 g/mol. The second-order valence-electron chi connectivity index (χ2n) is 8.22. The SMILES string of the molecule is Cc1c(NS(=O)(=O)C2CCCCC2)ccc2c1ccn2Cc1ccc(C(F)(F)F)cc1.